The average molecular weight is 267 g/mol. The first-order valence-corrected chi connectivity index (χ1v) is 6.72. The first kappa shape index (κ1) is 14.0. The van der Waals surface area contributed by atoms with E-state index in [0.717, 1.165) is 19.5 Å². The van der Waals surface area contributed by atoms with E-state index in [1.807, 2.05) is 0 Å². The Morgan fingerprint density at radius 1 is 1.47 bits per heavy atom. The molecule has 0 bridgehead atoms. The van der Waals surface area contributed by atoms with E-state index in [2.05, 4.69) is 28.9 Å². The Morgan fingerprint density at radius 3 is 2.74 bits per heavy atom. The summed E-state index contributed by atoms with van der Waals surface area (Å²) in [5.74, 6) is 1.11. The Balaban J connectivity index is 1.78. The van der Waals surface area contributed by atoms with E-state index < -0.39 is 5.97 Å². The minimum atomic E-state index is -0.719. The van der Waals surface area contributed by atoms with Crippen molar-refractivity contribution in [1.82, 2.24) is 15.0 Å². The van der Waals surface area contributed by atoms with Gasteiger partial charge in [-0.15, -0.1) is 0 Å². The summed E-state index contributed by atoms with van der Waals surface area (Å²) in [5, 5.41) is 12.9. The molecule has 6 heteroatoms. The summed E-state index contributed by atoms with van der Waals surface area (Å²) in [6.45, 7) is 8.21. The summed E-state index contributed by atoms with van der Waals surface area (Å²) in [6, 6.07) is 0. The summed E-state index contributed by atoms with van der Waals surface area (Å²) in [5.41, 5.74) is 0. The van der Waals surface area contributed by atoms with Crippen molar-refractivity contribution < 1.29 is 14.4 Å². The van der Waals surface area contributed by atoms with Crippen LogP contribution in [0, 0.1) is 17.8 Å². The molecule has 1 atom stereocenters. The molecule has 6 nitrogen and oxygen atoms in total. The molecular weight excluding hydrogens is 246 g/mol. The fourth-order valence-electron chi connectivity index (χ4n) is 2.24. The van der Waals surface area contributed by atoms with E-state index in [4.69, 9.17) is 9.63 Å². The molecule has 0 spiro atoms. The van der Waals surface area contributed by atoms with Gasteiger partial charge in [-0.2, -0.15) is 4.98 Å². The maximum Gasteiger partial charge on any atom is 0.306 e. The molecule has 0 saturated carbocycles. The first-order chi connectivity index (χ1) is 8.95. The maximum absolute atomic E-state index is 10.8. The number of carboxylic acid groups (broad SMARTS) is 1. The zero-order valence-electron chi connectivity index (χ0n) is 11.7. The monoisotopic (exact) mass is 267 g/mol. The van der Waals surface area contributed by atoms with E-state index in [1.54, 1.807) is 6.92 Å². The molecule has 1 aromatic rings. The van der Waals surface area contributed by atoms with Crippen molar-refractivity contribution in [2.24, 2.45) is 17.8 Å². The minimum absolute atomic E-state index is 0.236. The zero-order chi connectivity index (χ0) is 14.0. The largest absolute Gasteiger partial charge is 0.481 e. The molecular formula is C13H21N3O3. The summed E-state index contributed by atoms with van der Waals surface area (Å²) in [6.07, 6.45) is 0.797. The topological polar surface area (TPSA) is 79.5 Å². The second kappa shape index (κ2) is 5.69. The number of carbonyl (C=O) groups is 1. The van der Waals surface area contributed by atoms with Crippen LogP contribution >= 0.6 is 0 Å². The second-order valence-corrected chi connectivity index (χ2v) is 5.78. The van der Waals surface area contributed by atoms with Gasteiger partial charge in [0.25, 0.3) is 0 Å². The minimum Gasteiger partial charge on any atom is -0.481 e. The number of rotatable bonds is 6. The van der Waals surface area contributed by atoms with Gasteiger partial charge in [0.05, 0.1) is 12.5 Å². The number of hydrogen-bond donors (Lipinski definition) is 1. The molecule has 1 unspecified atom stereocenters. The van der Waals surface area contributed by atoms with Crippen LogP contribution in [0.2, 0.25) is 0 Å². The van der Waals surface area contributed by atoms with Gasteiger partial charge in [0.1, 0.15) is 0 Å². The smallest absolute Gasteiger partial charge is 0.306 e. The Morgan fingerprint density at radius 2 is 2.16 bits per heavy atom. The molecule has 19 heavy (non-hydrogen) atoms. The van der Waals surface area contributed by atoms with Crippen molar-refractivity contribution in [3.63, 3.8) is 0 Å². The number of aromatic nitrogens is 2. The second-order valence-electron chi connectivity index (χ2n) is 5.78. The fraction of sp³-hybridized carbons (Fsp3) is 0.769. The van der Waals surface area contributed by atoms with E-state index in [9.17, 15) is 4.79 Å². The molecule has 0 radical (unpaired) electrons. The van der Waals surface area contributed by atoms with Gasteiger partial charge >= 0.3 is 5.97 Å². The normalized spacial score (nSPS) is 18.5. The summed E-state index contributed by atoms with van der Waals surface area (Å²) < 4.78 is 5.18. The summed E-state index contributed by atoms with van der Waals surface area (Å²) in [4.78, 5) is 17.3. The molecule has 1 saturated heterocycles. The van der Waals surface area contributed by atoms with Gasteiger partial charge in [0, 0.05) is 19.5 Å². The van der Waals surface area contributed by atoms with Crippen LogP contribution in [-0.2, 0) is 17.8 Å². The predicted octanol–water partition coefficient (Wildman–Crippen LogP) is 1.42. The highest BCUT2D eigenvalue weighted by atomic mass is 16.5. The van der Waals surface area contributed by atoms with Gasteiger partial charge in [-0.05, 0) is 11.8 Å². The van der Waals surface area contributed by atoms with Crippen LogP contribution in [0.5, 0.6) is 0 Å². The van der Waals surface area contributed by atoms with Gasteiger partial charge in [0.2, 0.25) is 5.89 Å². The van der Waals surface area contributed by atoms with Crippen LogP contribution in [0.15, 0.2) is 4.52 Å². The molecule has 2 heterocycles. The molecule has 106 valence electrons. The van der Waals surface area contributed by atoms with Gasteiger partial charge in [-0.1, -0.05) is 25.9 Å². The first-order valence-electron chi connectivity index (χ1n) is 6.72. The third-order valence-corrected chi connectivity index (χ3v) is 3.54. The number of aliphatic carboxylic acids is 1. The maximum atomic E-state index is 10.8. The Labute approximate surface area is 112 Å². The molecule has 1 N–H and O–H groups in total. The van der Waals surface area contributed by atoms with Crippen molar-refractivity contribution in [3.8, 4) is 0 Å². The van der Waals surface area contributed by atoms with Crippen LogP contribution in [0.25, 0.3) is 0 Å². The van der Waals surface area contributed by atoms with Crippen LogP contribution in [0.4, 0.5) is 0 Å². The van der Waals surface area contributed by atoms with Gasteiger partial charge in [-0.25, -0.2) is 0 Å². The Kier molecular flexibility index (Phi) is 4.19. The van der Waals surface area contributed by atoms with Crippen molar-refractivity contribution in [3.05, 3.63) is 11.7 Å². The standard InChI is InChI=1S/C13H21N3O3/c1-8(2)4-12-14-11(15-19-12)7-16-5-10(6-16)9(3)13(17)18/h8-10H,4-7H2,1-3H3,(H,17,18). The third-order valence-electron chi connectivity index (χ3n) is 3.54. The third kappa shape index (κ3) is 3.53. The van der Waals surface area contributed by atoms with Crippen LogP contribution in [0.1, 0.15) is 32.5 Å². The molecule has 0 aliphatic carbocycles. The summed E-state index contributed by atoms with van der Waals surface area (Å²) in [7, 11) is 0. The molecule has 1 aliphatic rings. The fourth-order valence-corrected chi connectivity index (χ4v) is 2.24. The highest BCUT2D eigenvalue weighted by molar-refractivity contribution is 5.70. The predicted molar refractivity (Wildman–Crippen MR) is 68.4 cm³/mol. The van der Waals surface area contributed by atoms with E-state index in [0.29, 0.717) is 24.2 Å². The molecule has 0 aromatic carbocycles. The lowest BCUT2D eigenvalue weighted by Gasteiger charge is -2.40. The molecule has 1 fully saturated rings. The highest BCUT2D eigenvalue weighted by Gasteiger charge is 2.35. The SMILES string of the molecule is CC(C)Cc1nc(CN2CC(C(C)C(=O)O)C2)no1. The van der Waals surface area contributed by atoms with Crippen molar-refractivity contribution >= 4 is 5.97 Å². The summed E-state index contributed by atoms with van der Waals surface area (Å²) >= 11 is 0. The quantitative estimate of drug-likeness (QED) is 0.839. The lowest BCUT2D eigenvalue weighted by molar-refractivity contribution is -0.145. The van der Waals surface area contributed by atoms with Crippen LogP contribution < -0.4 is 0 Å². The van der Waals surface area contributed by atoms with Gasteiger partial charge in [-0.3, -0.25) is 9.69 Å². The van der Waals surface area contributed by atoms with Gasteiger partial charge in [0.15, 0.2) is 5.82 Å². The molecule has 2 rings (SSSR count). The van der Waals surface area contributed by atoms with Crippen molar-refractivity contribution in [2.45, 2.75) is 33.7 Å². The number of hydrogen-bond acceptors (Lipinski definition) is 5. The average Bonchev–Trinajstić information content (AvgIpc) is 2.68. The molecule has 0 amide bonds. The lowest BCUT2D eigenvalue weighted by atomic mass is 9.87. The van der Waals surface area contributed by atoms with Gasteiger partial charge < -0.3 is 9.63 Å². The molecule has 1 aliphatic heterocycles. The van der Waals surface area contributed by atoms with Crippen LogP contribution in [-0.4, -0.2) is 39.2 Å². The molecule has 1 aromatic heterocycles. The van der Waals surface area contributed by atoms with E-state index in [-0.39, 0.29) is 11.8 Å². The van der Waals surface area contributed by atoms with Crippen molar-refractivity contribution in [2.75, 3.05) is 13.1 Å². The highest BCUT2D eigenvalue weighted by Crippen LogP contribution is 2.25. The van der Waals surface area contributed by atoms with Crippen molar-refractivity contribution in [1.29, 1.82) is 0 Å². The van der Waals surface area contributed by atoms with E-state index >= 15 is 0 Å². The number of nitrogens with zero attached hydrogens (tertiary/aromatic N) is 3. The zero-order valence-corrected chi connectivity index (χ0v) is 11.7. The number of likely N-dealkylation sites (tertiary alicyclic amines) is 1. The Bertz CT molecular complexity index is 438. The van der Waals surface area contributed by atoms with E-state index in [1.165, 1.54) is 0 Å². The number of carboxylic acids is 1. The van der Waals surface area contributed by atoms with Crippen LogP contribution in [0.3, 0.4) is 0 Å². The Hall–Kier alpha value is -1.43. The lowest BCUT2D eigenvalue weighted by Crippen LogP contribution is -2.50.